The Morgan fingerprint density at radius 1 is 1.03 bits per heavy atom. The van der Waals surface area contributed by atoms with E-state index in [0.717, 1.165) is 23.9 Å². The van der Waals surface area contributed by atoms with Crippen molar-refractivity contribution in [3.8, 4) is 0 Å². The molecule has 0 bridgehead atoms. The van der Waals surface area contributed by atoms with Crippen LogP contribution in [0, 0.1) is 0 Å². The Kier molecular flexibility index (Phi) is 5.96. The molecule has 1 aromatic heterocycles. The number of para-hydroxylation sites is 1. The molecule has 3 N–H and O–H groups in total. The van der Waals surface area contributed by atoms with Crippen LogP contribution in [-0.2, 0) is 12.6 Å². The number of carbonyl (C=O) groups is 2. The van der Waals surface area contributed by atoms with Crippen molar-refractivity contribution in [2.75, 3.05) is 11.9 Å². The highest BCUT2D eigenvalue weighted by Gasteiger charge is 2.31. The van der Waals surface area contributed by atoms with Gasteiger partial charge >= 0.3 is 6.18 Å². The fraction of sp³-hybridized carbons (Fsp3) is 0.150. The first-order chi connectivity index (χ1) is 13.8. The smallest absolute Gasteiger partial charge is 0.352 e. The number of imidazole rings is 1. The molecule has 0 aliphatic rings. The molecular weight excluding hydrogens is 385 g/mol. The Hall–Kier alpha value is -3.62. The number of halogens is 3. The van der Waals surface area contributed by atoms with Crippen LogP contribution >= 0.6 is 0 Å². The van der Waals surface area contributed by atoms with E-state index in [9.17, 15) is 22.8 Å². The summed E-state index contributed by atoms with van der Waals surface area (Å²) in [6, 6.07) is 10.4. The number of anilines is 1. The van der Waals surface area contributed by atoms with E-state index in [1.807, 2.05) is 0 Å². The molecule has 0 radical (unpaired) electrons. The average Bonchev–Trinajstić information content (AvgIpc) is 3.21. The van der Waals surface area contributed by atoms with Gasteiger partial charge < -0.3 is 15.6 Å². The fourth-order valence-corrected chi connectivity index (χ4v) is 2.65. The number of aromatic amines is 1. The van der Waals surface area contributed by atoms with Gasteiger partial charge in [-0.05, 0) is 30.3 Å². The summed E-state index contributed by atoms with van der Waals surface area (Å²) in [5.74, 6) is -1.15. The normalized spacial score (nSPS) is 11.1. The van der Waals surface area contributed by atoms with Crippen molar-refractivity contribution in [1.82, 2.24) is 15.3 Å². The molecule has 29 heavy (non-hydrogen) atoms. The van der Waals surface area contributed by atoms with Gasteiger partial charge in [-0.15, -0.1) is 0 Å². The van der Waals surface area contributed by atoms with Crippen LogP contribution in [0.25, 0.3) is 0 Å². The molecule has 0 atom stereocenters. The van der Waals surface area contributed by atoms with Crippen LogP contribution in [0.15, 0.2) is 61.1 Å². The second kappa shape index (κ2) is 8.59. The highest BCUT2D eigenvalue weighted by molar-refractivity contribution is 6.09. The molecule has 0 aliphatic carbocycles. The Labute approximate surface area is 164 Å². The number of H-pyrrole nitrogens is 1. The highest BCUT2D eigenvalue weighted by Crippen LogP contribution is 2.29. The van der Waals surface area contributed by atoms with Gasteiger partial charge in [0.05, 0.1) is 23.1 Å². The van der Waals surface area contributed by atoms with E-state index >= 15 is 0 Å². The molecule has 2 amide bonds. The number of hydrogen-bond donors (Lipinski definition) is 3. The minimum atomic E-state index is -4.55. The Morgan fingerprint density at radius 3 is 2.55 bits per heavy atom. The molecule has 0 unspecified atom stereocenters. The van der Waals surface area contributed by atoms with Crippen LogP contribution in [0.5, 0.6) is 0 Å². The maximum Gasteiger partial charge on any atom is 0.416 e. The molecule has 0 saturated heterocycles. The summed E-state index contributed by atoms with van der Waals surface area (Å²) < 4.78 is 38.6. The Bertz CT molecular complexity index is 1000. The number of amides is 2. The summed E-state index contributed by atoms with van der Waals surface area (Å²) in [7, 11) is 0. The van der Waals surface area contributed by atoms with Gasteiger partial charge in [0.15, 0.2) is 0 Å². The van der Waals surface area contributed by atoms with Crippen LogP contribution in [0.2, 0.25) is 0 Å². The quantitative estimate of drug-likeness (QED) is 0.588. The van der Waals surface area contributed by atoms with Crippen LogP contribution in [0.1, 0.15) is 32.0 Å². The predicted octanol–water partition coefficient (Wildman–Crippen LogP) is 3.65. The molecule has 150 valence electrons. The predicted molar refractivity (Wildman–Crippen MR) is 100 cm³/mol. The topological polar surface area (TPSA) is 86.9 Å². The van der Waals surface area contributed by atoms with Crippen LogP contribution in [0.4, 0.5) is 18.9 Å². The first-order valence-electron chi connectivity index (χ1n) is 8.67. The van der Waals surface area contributed by atoms with Gasteiger partial charge in [0.25, 0.3) is 11.8 Å². The van der Waals surface area contributed by atoms with Crippen molar-refractivity contribution in [2.24, 2.45) is 0 Å². The van der Waals surface area contributed by atoms with Gasteiger partial charge in [-0.25, -0.2) is 4.98 Å². The zero-order valence-electron chi connectivity index (χ0n) is 15.1. The molecule has 2 aromatic carbocycles. The molecule has 9 heteroatoms. The monoisotopic (exact) mass is 402 g/mol. The zero-order valence-corrected chi connectivity index (χ0v) is 15.1. The van der Waals surface area contributed by atoms with Gasteiger partial charge in [0.1, 0.15) is 0 Å². The van der Waals surface area contributed by atoms with E-state index in [1.54, 1.807) is 18.3 Å². The molecule has 3 aromatic rings. The first-order valence-corrected chi connectivity index (χ1v) is 8.67. The minimum Gasteiger partial charge on any atom is -0.352 e. The summed E-state index contributed by atoms with van der Waals surface area (Å²) in [6.07, 6.45) is -0.821. The van der Waals surface area contributed by atoms with E-state index in [1.165, 1.54) is 24.5 Å². The third-order valence-corrected chi connectivity index (χ3v) is 4.11. The number of rotatable bonds is 6. The number of hydrogen-bond acceptors (Lipinski definition) is 3. The molecule has 0 fully saturated rings. The van der Waals surface area contributed by atoms with Crippen molar-refractivity contribution >= 4 is 17.5 Å². The molecule has 0 aliphatic heterocycles. The molecule has 0 saturated carbocycles. The lowest BCUT2D eigenvalue weighted by atomic mass is 10.1. The lowest BCUT2D eigenvalue weighted by molar-refractivity contribution is -0.137. The Morgan fingerprint density at radius 2 is 1.83 bits per heavy atom. The minimum absolute atomic E-state index is 0.158. The Balaban J connectivity index is 1.70. The van der Waals surface area contributed by atoms with Crippen LogP contribution in [-0.4, -0.2) is 28.3 Å². The van der Waals surface area contributed by atoms with Crippen molar-refractivity contribution in [3.05, 3.63) is 83.4 Å². The van der Waals surface area contributed by atoms with E-state index in [2.05, 4.69) is 20.6 Å². The first kappa shape index (κ1) is 20.1. The second-order valence-corrected chi connectivity index (χ2v) is 6.16. The maximum atomic E-state index is 12.9. The third kappa shape index (κ3) is 5.22. The molecule has 0 spiro atoms. The summed E-state index contributed by atoms with van der Waals surface area (Å²) in [5, 5.41) is 5.24. The van der Waals surface area contributed by atoms with Crippen LogP contribution < -0.4 is 10.6 Å². The van der Waals surface area contributed by atoms with E-state index in [-0.39, 0.29) is 16.8 Å². The lowest BCUT2D eigenvalue weighted by Crippen LogP contribution is -2.27. The molecule has 1 heterocycles. The van der Waals surface area contributed by atoms with Crippen molar-refractivity contribution < 1.29 is 22.8 Å². The molecule has 3 rings (SSSR count). The summed E-state index contributed by atoms with van der Waals surface area (Å²) in [4.78, 5) is 31.7. The number of benzene rings is 2. The molecule has 6 nitrogen and oxygen atoms in total. The summed E-state index contributed by atoms with van der Waals surface area (Å²) >= 11 is 0. The van der Waals surface area contributed by atoms with Gasteiger partial charge in [-0.3, -0.25) is 9.59 Å². The highest BCUT2D eigenvalue weighted by atomic mass is 19.4. The third-order valence-electron chi connectivity index (χ3n) is 4.11. The fourth-order valence-electron chi connectivity index (χ4n) is 2.65. The standard InChI is InChI=1S/C20H17F3N4O2/c21-20(22,23)14-5-3-4-13(10-14)18(28)27-17-7-2-1-6-16(17)19(29)25-9-8-15-11-24-12-26-15/h1-7,10-12H,8-9H2,(H,24,26)(H,25,29)(H,27,28). The van der Waals surface area contributed by atoms with Crippen molar-refractivity contribution in [2.45, 2.75) is 12.6 Å². The largest absolute Gasteiger partial charge is 0.416 e. The maximum absolute atomic E-state index is 12.9. The average molecular weight is 402 g/mol. The SMILES string of the molecule is O=C(Nc1ccccc1C(=O)NCCc1cnc[nH]1)c1cccc(C(F)(F)F)c1. The number of nitrogens with zero attached hydrogens (tertiary/aromatic N) is 1. The number of carbonyl (C=O) groups excluding carboxylic acids is 2. The molecular formula is C20H17F3N4O2. The van der Waals surface area contributed by atoms with E-state index < -0.39 is 23.6 Å². The van der Waals surface area contributed by atoms with E-state index in [0.29, 0.717) is 13.0 Å². The van der Waals surface area contributed by atoms with Crippen molar-refractivity contribution in [3.63, 3.8) is 0 Å². The van der Waals surface area contributed by atoms with Crippen LogP contribution in [0.3, 0.4) is 0 Å². The summed E-state index contributed by atoms with van der Waals surface area (Å²) in [6.45, 7) is 0.344. The number of aromatic nitrogens is 2. The van der Waals surface area contributed by atoms with Gasteiger partial charge in [0, 0.05) is 30.4 Å². The van der Waals surface area contributed by atoms with Gasteiger partial charge in [-0.2, -0.15) is 13.2 Å². The lowest BCUT2D eigenvalue weighted by Gasteiger charge is -2.12. The van der Waals surface area contributed by atoms with Crippen molar-refractivity contribution in [1.29, 1.82) is 0 Å². The van der Waals surface area contributed by atoms with E-state index in [4.69, 9.17) is 0 Å². The van der Waals surface area contributed by atoms with Gasteiger partial charge in [0.2, 0.25) is 0 Å². The van der Waals surface area contributed by atoms with Gasteiger partial charge in [-0.1, -0.05) is 18.2 Å². The summed E-state index contributed by atoms with van der Waals surface area (Å²) in [5.41, 5.74) is 0.187. The zero-order chi connectivity index (χ0) is 20.9. The number of alkyl halides is 3. The second-order valence-electron chi connectivity index (χ2n) is 6.16. The number of nitrogens with one attached hydrogen (secondary N) is 3.